The lowest BCUT2D eigenvalue weighted by Gasteiger charge is -2.35. The summed E-state index contributed by atoms with van der Waals surface area (Å²) >= 11 is 0. The van der Waals surface area contributed by atoms with Crippen molar-refractivity contribution in [3.8, 4) is 0 Å². The normalized spacial score (nSPS) is 16.3. The summed E-state index contributed by atoms with van der Waals surface area (Å²) in [5, 5.41) is 4.49. The molecule has 0 aliphatic carbocycles. The molecule has 0 saturated carbocycles. The highest BCUT2D eigenvalue weighted by atomic mass is 16.2. The van der Waals surface area contributed by atoms with E-state index >= 15 is 0 Å². The number of amides is 1. The van der Waals surface area contributed by atoms with Gasteiger partial charge in [0.1, 0.15) is 12.4 Å². The first-order valence-electron chi connectivity index (χ1n) is 8.49. The van der Waals surface area contributed by atoms with E-state index in [9.17, 15) is 9.59 Å². The van der Waals surface area contributed by atoms with Crippen LogP contribution in [0.2, 0.25) is 0 Å². The van der Waals surface area contributed by atoms with Crippen LogP contribution in [0.5, 0.6) is 0 Å². The Kier molecular flexibility index (Phi) is 4.08. The lowest BCUT2D eigenvalue weighted by molar-refractivity contribution is 0.0656. The third-order valence-corrected chi connectivity index (χ3v) is 4.56. The van der Waals surface area contributed by atoms with Crippen LogP contribution in [0, 0.1) is 0 Å². The fourth-order valence-corrected chi connectivity index (χ4v) is 3.31. The first-order valence-corrected chi connectivity index (χ1v) is 8.49. The molecule has 3 heterocycles. The van der Waals surface area contributed by atoms with E-state index in [0.717, 1.165) is 5.56 Å². The third-order valence-electron chi connectivity index (χ3n) is 4.56. The van der Waals surface area contributed by atoms with E-state index in [1.54, 1.807) is 9.47 Å². The van der Waals surface area contributed by atoms with Crippen molar-refractivity contribution in [2.45, 2.75) is 26.1 Å². The molecular formula is C18H18N6O2. The molecule has 1 amide bonds. The fraction of sp³-hybridized carbons (Fsp3) is 0.278. The van der Waals surface area contributed by atoms with Gasteiger partial charge in [0.15, 0.2) is 5.82 Å². The van der Waals surface area contributed by atoms with Gasteiger partial charge in [-0.15, -0.1) is 0 Å². The Labute approximate surface area is 149 Å². The van der Waals surface area contributed by atoms with Crippen molar-refractivity contribution in [3.63, 3.8) is 0 Å². The monoisotopic (exact) mass is 350 g/mol. The Balaban J connectivity index is 1.84. The van der Waals surface area contributed by atoms with Gasteiger partial charge in [0, 0.05) is 32.0 Å². The molecule has 0 N–H and O–H groups in total. The second-order valence-corrected chi connectivity index (χ2v) is 6.05. The van der Waals surface area contributed by atoms with Crippen LogP contribution in [-0.2, 0) is 13.1 Å². The molecule has 1 aliphatic rings. The number of carbonyl (C=O) groups is 1. The maximum absolute atomic E-state index is 13.1. The molecule has 2 aromatic heterocycles. The summed E-state index contributed by atoms with van der Waals surface area (Å²) in [6, 6.07) is 9.20. The van der Waals surface area contributed by atoms with Gasteiger partial charge in [-0.25, -0.2) is 19.4 Å². The lowest BCUT2D eigenvalue weighted by Crippen LogP contribution is -2.44. The molecule has 1 aliphatic heterocycles. The van der Waals surface area contributed by atoms with Crippen molar-refractivity contribution in [3.05, 3.63) is 76.5 Å². The average Bonchev–Trinajstić information content (AvgIpc) is 3.04. The fourth-order valence-electron chi connectivity index (χ4n) is 3.31. The Bertz CT molecular complexity index is 980. The quantitative estimate of drug-likeness (QED) is 0.706. The second-order valence-electron chi connectivity index (χ2n) is 6.05. The predicted molar refractivity (Wildman–Crippen MR) is 93.5 cm³/mol. The minimum absolute atomic E-state index is 0.140. The molecule has 0 bridgehead atoms. The molecule has 4 rings (SSSR count). The van der Waals surface area contributed by atoms with Gasteiger partial charge in [-0.05, 0) is 12.5 Å². The summed E-state index contributed by atoms with van der Waals surface area (Å²) in [5.74, 6) is 0.406. The van der Waals surface area contributed by atoms with Crippen LogP contribution in [0.4, 0.5) is 0 Å². The van der Waals surface area contributed by atoms with Crippen molar-refractivity contribution in [1.29, 1.82) is 0 Å². The lowest BCUT2D eigenvalue weighted by atomic mass is 10.0. The SMILES string of the molecule is CCn1nc2n(c1=O)CCN(C(=O)c1cncnc1)C2c1ccccc1. The number of nitrogens with zero attached hydrogens (tertiary/aromatic N) is 6. The van der Waals surface area contributed by atoms with Gasteiger partial charge in [0.05, 0.1) is 5.56 Å². The number of hydrogen-bond acceptors (Lipinski definition) is 5. The van der Waals surface area contributed by atoms with Crippen LogP contribution in [0.15, 0.2) is 53.8 Å². The number of aromatic nitrogens is 5. The predicted octanol–water partition coefficient (Wildman–Crippen LogP) is 1.10. The van der Waals surface area contributed by atoms with Crippen molar-refractivity contribution >= 4 is 5.91 Å². The summed E-state index contributed by atoms with van der Waals surface area (Å²) in [4.78, 5) is 35.2. The Morgan fingerprint density at radius 2 is 1.88 bits per heavy atom. The van der Waals surface area contributed by atoms with Gasteiger partial charge in [0.25, 0.3) is 5.91 Å². The van der Waals surface area contributed by atoms with Gasteiger partial charge >= 0.3 is 5.69 Å². The number of carbonyl (C=O) groups excluding carboxylic acids is 1. The summed E-state index contributed by atoms with van der Waals surface area (Å²) < 4.78 is 3.09. The standard InChI is InChI=1S/C18H18N6O2/c1-2-24-18(26)23-9-8-22(17(25)14-10-19-12-20-11-14)15(16(23)21-24)13-6-4-3-5-7-13/h3-7,10-12,15H,2,8-9H2,1H3. The molecule has 1 aromatic carbocycles. The molecular weight excluding hydrogens is 332 g/mol. The molecule has 0 fully saturated rings. The van der Waals surface area contributed by atoms with Crippen LogP contribution < -0.4 is 5.69 Å². The summed E-state index contributed by atoms with van der Waals surface area (Å²) in [6.45, 7) is 3.19. The van der Waals surface area contributed by atoms with E-state index in [-0.39, 0.29) is 11.6 Å². The Hall–Kier alpha value is -3.29. The highest BCUT2D eigenvalue weighted by Crippen LogP contribution is 2.31. The number of rotatable bonds is 3. The van der Waals surface area contributed by atoms with Gasteiger partial charge in [0.2, 0.25) is 0 Å². The average molecular weight is 350 g/mol. The van der Waals surface area contributed by atoms with Gasteiger partial charge in [-0.3, -0.25) is 9.36 Å². The van der Waals surface area contributed by atoms with Crippen molar-refractivity contribution in [1.82, 2.24) is 29.2 Å². The first kappa shape index (κ1) is 16.2. The minimum Gasteiger partial charge on any atom is -0.322 e. The number of hydrogen-bond donors (Lipinski definition) is 0. The summed E-state index contributed by atoms with van der Waals surface area (Å²) in [7, 11) is 0. The molecule has 132 valence electrons. The molecule has 3 aromatic rings. The van der Waals surface area contributed by atoms with Gasteiger partial charge < -0.3 is 4.90 Å². The van der Waals surface area contributed by atoms with E-state index in [1.165, 1.54) is 23.4 Å². The zero-order valence-electron chi connectivity index (χ0n) is 14.3. The Morgan fingerprint density at radius 3 is 2.58 bits per heavy atom. The van der Waals surface area contributed by atoms with Crippen LogP contribution in [0.1, 0.15) is 34.7 Å². The van der Waals surface area contributed by atoms with Crippen LogP contribution in [-0.4, -0.2) is 41.7 Å². The van der Waals surface area contributed by atoms with E-state index in [1.807, 2.05) is 37.3 Å². The van der Waals surface area contributed by atoms with E-state index in [2.05, 4.69) is 15.1 Å². The van der Waals surface area contributed by atoms with Gasteiger partial charge in [-0.1, -0.05) is 30.3 Å². The van der Waals surface area contributed by atoms with Crippen LogP contribution in [0.3, 0.4) is 0 Å². The highest BCUT2D eigenvalue weighted by Gasteiger charge is 2.36. The van der Waals surface area contributed by atoms with E-state index in [4.69, 9.17) is 0 Å². The third kappa shape index (κ3) is 2.59. The van der Waals surface area contributed by atoms with E-state index in [0.29, 0.717) is 31.0 Å². The van der Waals surface area contributed by atoms with Crippen LogP contribution in [0.25, 0.3) is 0 Å². The Morgan fingerprint density at radius 1 is 1.15 bits per heavy atom. The number of fused-ring (bicyclic) bond motifs is 1. The molecule has 1 atom stereocenters. The van der Waals surface area contributed by atoms with Crippen molar-refractivity contribution < 1.29 is 4.79 Å². The van der Waals surface area contributed by atoms with E-state index < -0.39 is 6.04 Å². The molecule has 26 heavy (non-hydrogen) atoms. The maximum atomic E-state index is 13.1. The minimum atomic E-state index is -0.432. The van der Waals surface area contributed by atoms with Gasteiger partial charge in [-0.2, -0.15) is 5.10 Å². The van der Waals surface area contributed by atoms with Crippen molar-refractivity contribution in [2.75, 3.05) is 6.54 Å². The first-order chi connectivity index (χ1) is 12.7. The maximum Gasteiger partial charge on any atom is 0.346 e. The zero-order valence-corrected chi connectivity index (χ0v) is 14.3. The zero-order chi connectivity index (χ0) is 18.1. The second kappa shape index (κ2) is 6.55. The largest absolute Gasteiger partial charge is 0.346 e. The summed E-state index contributed by atoms with van der Waals surface area (Å²) in [6.07, 6.45) is 4.40. The molecule has 0 saturated heterocycles. The van der Waals surface area contributed by atoms with Crippen molar-refractivity contribution in [2.24, 2.45) is 0 Å². The molecule has 8 nitrogen and oxygen atoms in total. The van der Waals surface area contributed by atoms with Crippen LogP contribution >= 0.6 is 0 Å². The molecule has 1 unspecified atom stereocenters. The smallest absolute Gasteiger partial charge is 0.322 e. The number of benzene rings is 1. The number of aryl methyl sites for hydroxylation is 1. The topological polar surface area (TPSA) is 85.9 Å². The summed E-state index contributed by atoms with van der Waals surface area (Å²) in [5.41, 5.74) is 1.18. The molecule has 8 heteroatoms. The molecule has 0 spiro atoms. The molecule has 0 radical (unpaired) electrons. The highest BCUT2D eigenvalue weighted by molar-refractivity contribution is 5.94.